The minimum absolute atomic E-state index is 0.0592. The molecule has 1 unspecified atom stereocenters. The Labute approximate surface area is 199 Å². The largest absolute Gasteiger partial charge is 0.461 e. The Morgan fingerprint density at radius 2 is 1.65 bits per heavy atom. The van der Waals surface area contributed by atoms with Crippen LogP contribution in [0.4, 0.5) is 0 Å². The van der Waals surface area contributed by atoms with Crippen LogP contribution in [0.1, 0.15) is 75.3 Å². The van der Waals surface area contributed by atoms with Gasteiger partial charge in [0.25, 0.3) is 0 Å². The number of aromatic nitrogens is 2. The summed E-state index contributed by atoms with van der Waals surface area (Å²) in [6.45, 7) is 6.91. The summed E-state index contributed by atoms with van der Waals surface area (Å²) in [5, 5.41) is 0. The van der Waals surface area contributed by atoms with Crippen LogP contribution in [0.15, 0.2) is 45.2 Å². The maximum Gasteiger partial charge on any atom is 0.302 e. The Morgan fingerprint density at radius 1 is 0.941 bits per heavy atom. The molecular weight excluding hydrogens is 432 g/mol. The van der Waals surface area contributed by atoms with E-state index in [1.165, 1.54) is 6.92 Å². The summed E-state index contributed by atoms with van der Waals surface area (Å²) in [7, 11) is 0. The van der Waals surface area contributed by atoms with E-state index in [-0.39, 0.29) is 18.5 Å². The zero-order chi connectivity index (χ0) is 23.9. The number of ether oxygens (including phenoxy) is 2. The smallest absolute Gasteiger partial charge is 0.302 e. The van der Waals surface area contributed by atoms with Crippen LogP contribution in [0.3, 0.4) is 0 Å². The van der Waals surface area contributed by atoms with Crippen molar-refractivity contribution in [1.82, 2.24) is 9.97 Å². The molecule has 4 aromatic rings. The van der Waals surface area contributed by atoms with Gasteiger partial charge in [-0.2, -0.15) is 0 Å². The molecule has 0 spiro atoms. The molecule has 0 bridgehead atoms. The van der Waals surface area contributed by atoms with E-state index >= 15 is 0 Å². The summed E-state index contributed by atoms with van der Waals surface area (Å²) < 4.78 is 23.1. The maximum atomic E-state index is 11.1. The lowest BCUT2D eigenvalue weighted by molar-refractivity contribution is -0.142. The highest BCUT2D eigenvalue weighted by Crippen LogP contribution is 2.27. The second kappa shape index (κ2) is 11.3. The molecule has 0 saturated heterocycles. The SMILES string of the molecule is CCCCc1nc2ccc(COCC(CCC)c3nc4ccc(COC(C)=O)cc4o3)cc2o1. The zero-order valence-corrected chi connectivity index (χ0v) is 20.1. The fraction of sp³-hybridized carbons (Fsp3) is 0.444. The van der Waals surface area contributed by atoms with E-state index in [0.717, 1.165) is 65.7 Å². The van der Waals surface area contributed by atoms with Crippen molar-refractivity contribution < 1.29 is 23.1 Å². The van der Waals surface area contributed by atoms with E-state index in [0.29, 0.717) is 24.7 Å². The number of carbonyl (C=O) groups excluding carboxylic acids is 1. The molecule has 2 aromatic carbocycles. The highest BCUT2D eigenvalue weighted by atomic mass is 16.5. The van der Waals surface area contributed by atoms with Gasteiger partial charge >= 0.3 is 5.97 Å². The van der Waals surface area contributed by atoms with Gasteiger partial charge in [0.15, 0.2) is 17.1 Å². The van der Waals surface area contributed by atoms with Gasteiger partial charge in [-0.1, -0.05) is 38.8 Å². The summed E-state index contributed by atoms with van der Waals surface area (Å²) in [5.74, 6) is 1.22. The molecule has 180 valence electrons. The third-order valence-corrected chi connectivity index (χ3v) is 5.73. The highest BCUT2D eigenvalue weighted by Gasteiger charge is 2.19. The van der Waals surface area contributed by atoms with Crippen molar-refractivity contribution >= 4 is 28.2 Å². The number of nitrogens with zero attached hydrogens (tertiary/aromatic N) is 2. The number of unbranched alkanes of at least 4 members (excludes halogenated alkanes) is 1. The fourth-order valence-corrected chi connectivity index (χ4v) is 3.92. The second-order valence-corrected chi connectivity index (χ2v) is 8.65. The first-order valence-electron chi connectivity index (χ1n) is 12.0. The van der Waals surface area contributed by atoms with Crippen LogP contribution < -0.4 is 0 Å². The quantitative estimate of drug-likeness (QED) is 0.222. The van der Waals surface area contributed by atoms with E-state index in [1.54, 1.807) is 0 Å². The van der Waals surface area contributed by atoms with Gasteiger partial charge in [0.1, 0.15) is 17.6 Å². The van der Waals surface area contributed by atoms with Gasteiger partial charge in [0, 0.05) is 13.3 Å². The average molecular weight is 465 g/mol. The lowest BCUT2D eigenvalue weighted by Gasteiger charge is -2.13. The van der Waals surface area contributed by atoms with Crippen molar-refractivity contribution in [3.63, 3.8) is 0 Å². The monoisotopic (exact) mass is 464 g/mol. The number of fused-ring (bicyclic) bond motifs is 2. The number of rotatable bonds is 12. The average Bonchev–Trinajstić information content (AvgIpc) is 3.43. The van der Waals surface area contributed by atoms with Crippen LogP contribution in [-0.2, 0) is 33.9 Å². The summed E-state index contributed by atoms with van der Waals surface area (Å²) in [6, 6.07) is 11.7. The molecule has 2 aromatic heterocycles. The Bertz CT molecular complexity index is 1240. The molecular formula is C27H32N2O5. The topological polar surface area (TPSA) is 87.6 Å². The lowest BCUT2D eigenvalue weighted by Crippen LogP contribution is -2.08. The summed E-state index contributed by atoms with van der Waals surface area (Å²) in [5.41, 5.74) is 5.09. The van der Waals surface area contributed by atoms with Crippen molar-refractivity contribution in [3.05, 3.63) is 59.3 Å². The number of aryl methyl sites for hydroxylation is 1. The molecule has 0 amide bonds. The van der Waals surface area contributed by atoms with Gasteiger partial charge in [-0.15, -0.1) is 0 Å². The van der Waals surface area contributed by atoms with Gasteiger partial charge < -0.3 is 18.3 Å². The van der Waals surface area contributed by atoms with Gasteiger partial charge in [-0.05, 0) is 48.2 Å². The van der Waals surface area contributed by atoms with E-state index < -0.39 is 0 Å². The van der Waals surface area contributed by atoms with Crippen molar-refractivity contribution in [3.8, 4) is 0 Å². The molecule has 7 heteroatoms. The minimum Gasteiger partial charge on any atom is -0.461 e. The maximum absolute atomic E-state index is 11.1. The number of esters is 1. The molecule has 7 nitrogen and oxygen atoms in total. The molecule has 1 atom stereocenters. The second-order valence-electron chi connectivity index (χ2n) is 8.65. The Hall–Kier alpha value is -3.19. The summed E-state index contributed by atoms with van der Waals surface area (Å²) in [6.07, 6.45) is 4.97. The highest BCUT2D eigenvalue weighted by molar-refractivity contribution is 5.74. The van der Waals surface area contributed by atoms with Crippen molar-refractivity contribution in [1.29, 1.82) is 0 Å². The molecule has 0 aliphatic rings. The predicted molar refractivity (Wildman–Crippen MR) is 129 cm³/mol. The number of carbonyl (C=O) groups is 1. The summed E-state index contributed by atoms with van der Waals surface area (Å²) >= 11 is 0. The van der Waals surface area contributed by atoms with E-state index in [1.807, 2.05) is 36.4 Å². The van der Waals surface area contributed by atoms with Crippen LogP contribution in [0.5, 0.6) is 0 Å². The number of hydrogen-bond acceptors (Lipinski definition) is 7. The van der Waals surface area contributed by atoms with Gasteiger partial charge in [-0.3, -0.25) is 4.79 Å². The van der Waals surface area contributed by atoms with Crippen molar-refractivity contribution in [2.45, 2.75) is 72.0 Å². The Kier molecular flexibility index (Phi) is 7.95. The first-order chi connectivity index (χ1) is 16.6. The van der Waals surface area contributed by atoms with Gasteiger partial charge in [0.05, 0.1) is 19.1 Å². The zero-order valence-electron chi connectivity index (χ0n) is 20.1. The molecule has 34 heavy (non-hydrogen) atoms. The van der Waals surface area contributed by atoms with Crippen molar-refractivity contribution in [2.24, 2.45) is 0 Å². The first kappa shape index (κ1) is 24.0. The normalized spacial score (nSPS) is 12.4. The van der Waals surface area contributed by atoms with Crippen molar-refractivity contribution in [2.75, 3.05) is 6.61 Å². The van der Waals surface area contributed by atoms with Crippen LogP contribution in [0.25, 0.3) is 22.2 Å². The lowest BCUT2D eigenvalue weighted by atomic mass is 10.1. The summed E-state index contributed by atoms with van der Waals surface area (Å²) in [4.78, 5) is 20.3. The van der Waals surface area contributed by atoms with Crippen LogP contribution in [-0.4, -0.2) is 22.5 Å². The predicted octanol–water partition coefficient (Wildman–Crippen LogP) is 6.48. The molecule has 0 fully saturated rings. The minimum atomic E-state index is -0.307. The molecule has 0 N–H and O–H groups in total. The van der Waals surface area contributed by atoms with E-state index in [2.05, 4.69) is 23.8 Å². The van der Waals surface area contributed by atoms with Gasteiger partial charge in [-0.25, -0.2) is 9.97 Å². The molecule has 0 saturated carbocycles. The molecule has 2 heterocycles. The Balaban J connectivity index is 1.40. The molecule has 0 aliphatic carbocycles. The molecule has 4 rings (SSSR count). The first-order valence-corrected chi connectivity index (χ1v) is 12.0. The molecule has 0 aliphatic heterocycles. The third kappa shape index (κ3) is 6.03. The van der Waals surface area contributed by atoms with Gasteiger partial charge in [0.2, 0.25) is 5.89 Å². The van der Waals surface area contributed by atoms with Crippen LogP contribution in [0, 0.1) is 0 Å². The molecule has 0 radical (unpaired) electrons. The standard InChI is InChI=1S/C27H32N2O5/c1-4-6-8-26-28-22-11-9-19(13-24(22)33-26)15-31-17-21(7-5-2)27-29-23-12-10-20(14-25(23)34-27)16-32-18(3)30/h9-14,21H,4-8,15-17H2,1-3H3. The van der Waals surface area contributed by atoms with Crippen LogP contribution >= 0.6 is 0 Å². The van der Waals surface area contributed by atoms with Crippen LogP contribution in [0.2, 0.25) is 0 Å². The number of oxazole rings is 2. The fourth-order valence-electron chi connectivity index (χ4n) is 3.92. The van der Waals surface area contributed by atoms with E-state index in [4.69, 9.17) is 18.3 Å². The van der Waals surface area contributed by atoms with E-state index in [9.17, 15) is 4.79 Å². The number of benzene rings is 2. The number of hydrogen-bond donors (Lipinski definition) is 0. The Morgan fingerprint density at radius 3 is 2.35 bits per heavy atom. The third-order valence-electron chi connectivity index (χ3n) is 5.73.